The Morgan fingerprint density at radius 1 is 1.46 bits per heavy atom. The predicted octanol–water partition coefficient (Wildman–Crippen LogP) is 2.51. The van der Waals surface area contributed by atoms with Gasteiger partial charge in [0.15, 0.2) is 0 Å². The van der Waals surface area contributed by atoms with Crippen LogP contribution in [-0.4, -0.2) is 24.4 Å². The van der Waals surface area contributed by atoms with Gasteiger partial charge in [-0.15, -0.1) is 0 Å². The number of rotatable bonds is 1. The van der Waals surface area contributed by atoms with Crippen LogP contribution >= 0.6 is 0 Å². The summed E-state index contributed by atoms with van der Waals surface area (Å²) in [5.41, 5.74) is 0.114. The minimum atomic E-state index is 0.114. The summed E-state index contributed by atoms with van der Waals surface area (Å²) in [6, 6.07) is 0. The van der Waals surface area contributed by atoms with Crippen LogP contribution in [0.5, 0.6) is 0 Å². The van der Waals surface area contributed by atoms with Gasteiger partial charge in [-0.3, -0.25) is 0 Å². The predicted molar refractivity (Wildman–Crippen MR) is 51.8 cm³/mol. The Labute approximate surface area is 80.6 Å². The molecule has 0 amide bonds. The van der Waals surface area contributed by atoms with Crippen molar-refractivity contribution in [3.8, 4) is 0 Å². The fourth-order valence-electron chi connectivity index (χ4n) is 2.59. The molecule has 2 nitrogen and oxygen atoms in total. The first-order valence-electron chi connectivity index (χ1n) is 5.53. The highest BCUT2D eigenvalue weighted by Crippen LogP contribution is 2.39. The van der Waals surface area contributed by atoms with Crippen LogP contribution in [0.15, 0.2) is 0 Å². The second kappa shape index (κ2) is 3.58. The summed E-state index contributed by atoms with van der Waals surface area (Å²) < 4.78 is 11.6. The van der Waals surface area contributed by atoms with Crippen LogP contribution in [0.3, 0.4) is 0 Å². The Hall–Kier alpha value is -0.0800. The molecule has 0 aromatic carbocycles. The molecule has 0 bridgehead atoms. The van der Waals surface area contributed by atoms with Gasteiger partial charge in [0, 0.05) is 6.42 Å². The minimum Gasteiger partial charge on any atom is -0.375 e. The Balaban J connectivity index is 1.88. The van der Waals surface area contributed by atoms with Crippen molar-refractivity contribution in [2.24, 2.45) is 0 Å². The summed E-state index contributed by atoms with van der Waals surface area (Å²) in [6.07, 6.45) is 6.98. The van der Waals surface area contributed by atoms with Crippen LogP contribution in [0, 0.1) is 0 Å². The summed E-state index contributed by atoms with van der Waals surface area (Å²) in [5, 5.41) is 0. The van der Waals surface area contributed by atoms with Crippen LogP contribution in [0.25, 0.3) is 0 Å². The largest absolute Gasteiger partial charge is 0.375 e. The van der Waals surface area contributed by atoms with Gasteiger partial charge in [-0.1, -0.05) is 6.92 Å². The smallest absolute Gasteiger partial charge is 0.0943 e. The molecule has 2 heteroatoms. The first kappa shape index (κ1) is 9.47. The SMILES string of the molecule is CCC1CCCC2(CO1)CC(C)O2. The van der Waals surface area contributed by atoms with E-state index in [1.54, 1.807) is 0 Å². The summed E-state index contributed by atoms with van der Waals surface area (Å²) in [7, 11) is 0. The maximum Gasteiger partial charge on any atom is 0.0943 e. The highest BCUT2D eigenvalue weighted by atomic mass is 16.6. The van der Waals surface area contributed by atoms with Gasteiger partial charge < -0.3 is 9.47 Å². The van der Waals surface area contributed by atoms with E-state index in [1.807, 2.05) is 0 Å². The lowest BCUT2D eigenvalue weighted by Crippen LogP contribution is -2.52. The molecule has 76 valence electrons. The molecular weight excluding hydrogens is 164 g/mol. The Kier molecular flexibility index (Phi) is 2.61. The van der Waals surface area contributed by atoms with Gasteiger partial charge in [0.1, 0.15) is 0 Å². The van der Waals surface area contributed by atoms with Crippen molar-refractivity contribution in [2.75, 3.05) is 6.61 Å². The third kappa shape index (κ3) is 1.89. The topological polar surface area (TPSA) is 18.5 Å². The highest BCUT2D eigenvalue weighted by molar-refractivity contribution is 4.93. The quantitative estimate of drug-likeness (QED) is 0.623. The Morgan fingerprint density at radius 3 is 2.85 bits per heavy atom. The van der Waals surface area contributed by atoms with Gasteiger partial charge in [-0.05, 0) is 32.6 Å². The first-order chi connectivity index (χ1) is 6.24. The van der Waals surface area contributed by atoms with E-state index in [0.29, 0.717) is 12.2 Å². The second-order valence-electron chi connectivity index (χ2n) is 4.55. The molecule has 2 saturated heterocycles. The van der Waals surface area contributed by atoms with Crippen LogP contribution in [-0.2, 0) is 9.47 Å². The average Bonchev–Trinajstić information content (AvgIpc) is 2.26. The van der Waals surface area contributed by atoms with Crippen molar-refractivity contribution in [2.45, 2.75) is 63.8 Å². The molecule has 3 unspecified atom stereocenters. The zero-order valence-electron chi connectivity index (χ0n) is 8.71. The number of hydrogen-bond acceptors (Lipinski definition) is 2. The normalized spacial score (nSPS) is 45.7. The summed E-state index contributed by atoms with van der Waals surface area (Å²) >= 11 is 0. The standard InChI is InChI=1S/C11H20O2/c1-3-10-5-4-6-11(8-12-10)7-9(2)13-11/h9-10H,3-8H2,1-2H3. The second-order valence-corrected chi connectivity index (χ2v) is 4.55. The van der Waals surface area contributed by atoms with Crippen molar-refractivity contribution >= 4 is 0 Å². The zero-order chi connectivity index (χ0) is 9.31. The minimum absolute atomic E-state index is 0.114. The van der Waals surface area contributed by atoms with Crippen molar-refractivity contribution in [1.29, 1.82) is 0 Å². The van der Waals surface area contributed by atoms with E-state index in [9.17, 15) is 0 Å². The van der Waals surface area contributed by atoms with Gasteiger partial charge in [0.2, 0.25) is 0 Å². The van der Waals surface area contributed by atoms with E-state index in [-0.39, 0.29) is 5.60 Å². The van der Waals surface area contributed by atoms with Gasteiger partial charge in [0.05, 0.1) is 24.4 Å². The highest BCUT2D eigenvalue weighted by Gasteiger charge is 2.44. The summed E-state index contributed by atoms with van der Waals surface area (Å²) in [6.45, 7) is 5.18. The molecule has 0 saturated carbocycles. The third-order valence-corrected chi connectivity index (χ3v) is 3.31. The zero-order valence-corrected chi connectivity index (χ0v) is 8.71. The number of hydrogen-bond donors (Lipinski definition) is 0. The van der Waals surface area contributed by atoms with Crippen molar-refractivity contribution in [3.63, 3.8) is 0 Å². The summed E-state index contributed by atoms with van der Waals surface area (Å²) in [5.74, 6) is 0. The van der Waals surface area contributed by atoms with Gasteiger partial charge in [-0.25, -0.2) is 0 Å². The van der Waals surface area contributed by atoms with Crippen LogP contribution in [0.1, 0.15) is 46.0 Å². The molecule has 2 fully saturated rings. The van der Waals surface area contributed by atoms with Gasteiger partial charge in [-0.2, -0.15) is 0 Å². The fraction of sp³-hybridized carbons (Fsp3) is 1.00. The molecule has 0 N–H and O–H groups in total. The Morgan fingerprint density at radius 2 is 2.23 bits per heavy atom. The Bertz CT molecular complexity index is 173. The van der Waals surface area contributed by atoms with Crippen LogP contribution in [0.4, 0.5) is 0 Å². The van der Waals surface area contributed by atoms with E-state index in [4.69, 9.17) is 9.47 Å². The van der Waals surface area contributed by atoms with Gasteiger partial charge >= 0.3 is 0 Å². The van der Waals surface area contributed by atoms with Crippen molar-refractivity contribution in [3.05, 3.63) is 0 Å². The molecule has 2 aliphatic rings. The van der Waals surface area contributed by atoms with E-state index in [0.717, 1.165) is 13.0 Å². The maximum atomic E-state index is 5.83. The molecule has 0 aromatic rings. The van der Waals surface area contributed by atoms with Crippen molar-refractivity contribution < 1.29 is 9.47 Å². The molecule has 1 spiro atoms. The molecule has 13 heavy (non-hydrogen) atoms. The molecule has 2 heterocycles. The van der Waals surface area contributed by atoms with E-state index >= 15 is 0 Å². The lowest BCUT2D eigenvalue weighted by molar-refractivity contribution is -0.225. The molecular formula is C11H20O2. The third-order valence-electron chi connectivity index (χ3n) is 3.31. The van der Waals surface area contributed by atoms with E-state index in [1.165, 1.54) is 25.7 Å². The maximum absolute atomic E-state index is 5.83. The van der Waals surface area contributed by atoms with E-state index < -0.39 is 0 Å². The average molecular weight is 184 g/mol. The molecule has 2 rings (SSSR count). The molecule has 3 atom stereocenters. The fourth-order valence-corrected chi connectivity index (χ4v) is 2.59. The molecule has 0 aromatic heterocycles. The number of ether oxygens (including phenoxy) is 2. The molecule has 2 aliphatic heterocycles. The van der Waals surface area contributed by atoms with Crippen LogP contribution in [0.2, 0.25) is 0 Å². The molecule has 0 radical (unpaired) electrons. The first-order valence-corrected chi connectivity index (χ1v) is 5.53. The molecule has 0 aliphatic carbocycles. The lowest BCUT2D eigenvalue weighted by Gasteiger charge is -2.46. The summed E-state index contributed by atoms with van der Waals surface area (Å²) in [4.78, 5) is 0. The van der Waals surface area contributed by atoms with Crippen LogP contribution < -0.4 is 0 Å². The van der Waals surface area contributed by atoms with Gasteiger partial charge in [0.25, 0.3) is 0 Å². The van der Waals surface area contributed by atoms with Crippen molar-refractivity contribution in [1.82, 2.24) is 0 Å². The monoisotopic (exact) mass is 184 g/mol. The lowest BCUT2D eigenvalue weighted by atomic mass is 9.86. The van der Waals surface area contributed by atoms with E-state index in [2.05, 4.69) is 13.8 Å².